The van der Waals surface area contributed by atoms with Crippen LogP contribution in [0.4, 0.5) is 11.8 Å². The van der Waals surface area contributed by atoms with E-state index in [1.54, 1.807) is 0 Å². The zero-order valence-corrected chi connectivity index (χ0v) is 17.5. The van der Waals surface area contributed by atoms with Crippen molar-refractivity contribution in [1.82, 2.24) is 9.97 Å². The average molecular weight is 369 g/mol. The normalized spacial score (nSPS) is 25.4. The predicted octanol–water partition coefficient (Wildman–Crippen LogP) is -2.27. The number of hydrogen-bond acceptors (Lipinski definition) is 6. The number of nitrogens with two attached hydrogens (primary N) is 1. The lowest BCUT2D eigenvalue weighted by Gasteiger charge is -2.43. The standard InChI is InChI=1S/C16H31B4N5O2/c1-8-3-4-9(5-11(8)26)23-13-10(12(21)27)6-22-14(24-13)25-15(2,7-17)16(18,19)20/h6,8-9,11,26H,3-5,7,17-20H2,1-2H3,(H2,21,27)(H2,22,23,24,25). The second kappa shape index (κ2) is 8.17. The summed E-state index contributed by atoms with van der Waals surface area (Å²) >= 11 is 0. The molecular weight excluding hydrogens is 337 g/mol. The quantitative estimate of drug-likeness (QED) is 0.404. The summed E-state index contributed by atoms with van der Waals surface area (Å²) in [4.78, 5) is 20.7. The molecule has 0 aliphatic heterocycles. The van der Waals surface area contributed by atoms with Gasteiger partial charge in [-0.25, -0.2) is 4.98 Å². The van der Waals surface area contributed by atoms with Gasteiger partial charge in [-0.2, -0.15) is 4.98 Å². The molecule has 27 heavy (non-hydrogen) atoms. The molecule has 7 nitrogen and oxygen atoms in total. The Hall–Kier alpha value is -1.63. The summed E-state index contributed by atoms with van der Waals surface area (Å²) < 4.78 is 0. The van der Waals surface area contributed by atoms with E-state index in [-0.39, 0.29) is 28.4 Å². The van der Waals surface area contributed by atoms with E-state index in [4.69, 9.17) is 5.73 Å². The minimum absolute atomic E-state index is 0.00925. The summed E-state index contributed by atoms with van der Waals surface area (Å²) in [6.45, 7) is 4.20. The van der Waals surface area contributed by atoms with Crippen molar-refractivity contribution in [3.05, 3.63) is 11.8 Å². The van der Waals surface area contributed by atoms with Gasteiger partial charge >= 0.3 is 0 Å². The Morgan fingerprint density at radius 1 is 1.41 bits per heavy atom. The summed E-state index contributed by atoms with van der Waals surface area (Å²) in [5.74, 6) is 0.617. The summed E-state index contributed by atoms with van der Waals surface area (Å²) in [7, 11) is 8.64. The molecule has 1 aliphatic rings. The fraction of sp³-hybridized carbons (Fsp3) is 0.688. The van der Waals surface area contributed by atoms with Gasteiger partial charge in [-0.1, -0.05) is 18.4 Å². The van der Waals surface area contributed by atoms with E-state index < -0.39 is 5.91 Å². The highest BCUT2D eigenvalue weighted by atomic mass is 16.3. The Balaban J connectivity index is 2.27. The highest BCUT2D eigenvalue weighted by Crippen LogP contribution is 2.34. The number of rotatable bonds is 7. The van der Waals surface area contributed by atoms with Gasteiger partial charge in [-0.05, 0) is 32.1 Å². The highest BCUT2D eigenvalue weighted by Gasteiger charge is 2.36. The SMILES string of the molecule is BCC(C)(Nc1ncc(C(N)=O)c(NC2CCC(C)C(O)C2)n1)C(B)(B)B. The van der Waals surface area contributed by atoms with Gasteiger partial charge in [0.25, 0.3) is 5.91 Å². The number of aliphatic hydroxyl groups excluding tert-OH is 1. The van der Waals surface area contributed by atoms with E-state index in [0.717, 1.165) is 19.2 Å². The number of carbonyl (C=O) groups is 1. The van der Waals surface area contributed by atoms with Crippen molar-refractivity contribution in [3.8, 4) is 0 Å². The van der Waals surface area contributed by atoms with Crippen LogP contribution in [0.25, 0.3) is 0 Å². The van der Waals surface area contributed by atoms with Crippen molar-refractivity contribution >= 4 is 49.1 Å². The number of amides is 1. The molecule has 1 aromatic heterocycles. The monoisotopic (exact) mass is 369 g/mol. The van der Waals surface area contributed by atoms with Gasteiger partial charge in [0.05, 0.1) is 35.2 Å². The molecule has 0 bridgehead atoms. The smallest absolute Gasteiger partial charge is 0.254 e. The first-order valence-corrected chi connectivity index (χ1v) is 9.86. The lowest BCUT2D eigenvalue weighted by molar-refractivity contribution is 0.0739. The van der Waals surface area contributed by atoms with Crippen molar-refractivity contribution in [1.29, 1.82) is 0 Å². The third kappa shape index (κ3) is 5.00. The molecular formula is C16H31B4N5O2. The maximum Gasteiger partial charge on any atom is 0.254 e. The Kier molecular flexibility index (Phi) is 6.55. The van der Waals surface area contributed by atoms with Gasteiger partial charge in [0.1, 0.15) is 13.7 Å². The van der Waals surface area contributed by atoms with Gasteiger partial charge in [0.15, 0.2) is 0 Å². The molecule has 2 rings (SSSR count). The van der Waals surface area contributed by atoms with Crippen LogP contribution in [0.1, 0.15) is 43.5 Å². The van der Waals surface area contributed by atoms with Crippen LogP contribution in [0, 0.1) is 5.92 Å². The van der Waals surface area contributed by atoms with Gasteiger partial charge < -0.3 is 21.5 Å². The molecule has 0 spiro atoms. The fourth-order valence-electron chi connectivity index (χ4n) is 3.41. The first kappa shape index (κ1) is 21.7. The number of carbonyl (C=O) groups excluding carboxylic acids is 1. The molecule has 1 saturated carbocycles. The highest BCUT2D eigenvalue weighted by molar-refractivity contribution is 6.60. The molecule has 1 aliphatic carbocycles. The lowest BCUT2D eigenvalue weighted by atomic mass is 9.34. The third-order valence-electron chi connectivity index (χ3n) is 6.30. The average Bonchev–Trinajstić information content (AvgIpc) is 2.57. The van der Waals surface area contributed by atoms with Crippen LogP contribution in [0.15, 0.2) is 6.20 Å². The molecule has 1 heterocycles. The van der Waals surface area contributed by atoms with Gasteiger partial charge in [-0.3, -0.25) is 4.79 Å². The zero-order valence-electron chi connectivity index (χ0n) is 17.5. The van der Waals surface area contributed by atoms with Crippen molar-refractivity contribution in [2.45, 2.75) is 62.2 Å². The topological polar surface area (TPSA) is 113 Å². The maximum absolute atomic E-state index is 11.8. The van der Waals surface area contributed by atoms with Gasteiger partial charge in [0.2, 0.25) is 5.95 Å². The number of anilines is 2. The number of primary amides is 1. The molecule has 0 radical (unpaired) electrons. The van der Waals surface area contributed by atoms with Crippen molar-refractivity contribution in [3.63, 3.8) is 0 Å². The van der Waals surface area contributed by atoms with Crippen LogP contribution in [0.3, 0.4) is 0 Å². The summed E-state index contributed by atoms with van der Waals surface area (Å²) in [6, 6.07) is 0.0530. The second-order valence-electron chi connectivity index (χ2n) is 9.08. The first-order valence-electron chi connectivity index (χ1n) is 9.86. The fourth-order valence-corrected chi connectivity index (χ4v) is 3.41. The Labute approximate surface area is 165 Å². The minimum Gasteiger partial charge on any atom is -0.393 e. The first-order chi connectivity index (χ1) is 12.5. The third-order valence-corrected chi connectivity index (χ3v) is 6.30. The van der Waals surface area contributed by atoms with Crippen LogP contribution in [-0.2, 0) is 0 Å². The molecule has 4 unspecified atom stereocenters. The number of nitrogens with zero attached hydrogens (tertiary/aromatic N) is 2. The van der Waals surface area contributed by atoms with Gasteiger partial charge in [0, 0.05) is 17.8 Å². The van der Waals surface area contributed by atoms with E-state index in [0.29, 0.717) is 24.1 Å². The molecule has 5 N–H and O–H groups in total. The molecule has 4 atom stereocenters. The van der Waals surface area contributed by atoms with E-state index in [9.17, 15) is 9.90 Å². The van der Waals surface area contributed by atoms with Crippen LogP contribution in [-0.4, -0.2) is 70.1 Å². The predicted molar refractivity (Wildman–Crippen MR) is 121 cm³/mol. The Bertz CT molecular complexity index is 687. The van der Waals surface area contributed by atoms with Crippen molar-refractivity contribution in [2.75, 3.05) is 10.6 Å². The Morgan fingerprint density at radius 3 is 2.59 bits per heavy atom. The van der Waals surface area contributed by atoms with Gasteiger partial charge in [-0.15, -0.1) is 0 Å². The molecule has 0 aromatic carbocycles. The van der Waals surface area contributed by atoms with Crippen molar-refractivity contribution in [2.24, 2.45) is 11.7 Å². The summed E-state index contributed by atoms with van der Waals surface area (Å²) in [5.41, 5.74) is 5.57. The zero-order chi connectivity index (χ0) is 20.4. The maximum atomic E-state index is 11.8. The summed E-state index contributed by atoms with van der Waals surface area (Å²) in [5, 5.41) is 16.9. The molecule has 11 heteroatoms. The minimum atomic E-state index is -0.567. The number of hydrogen-bond donors (Lipinski definition) is 4. The largest absolute Gasteiger partial charge is 0.393 e. The van der Waals surface area contributed by atoms with E-state index in [1.807, 2.05) is 0 Å². The lowest BCUT2D eigenvalue weighted by Crippen LogP contribution is -2.48. The van der Waals surface area contributed by atoms with E-state index in [1.165, 1.54) is 6.20 Å². The van der Waals surface area contributed by atoms with Crippen LogP contribution < -0.4 is 16.4 Å². The number of aliphatic hydroxyl groups is 1. The summed E-state index contributed by atoms with van der Waals surface area (Å²) in [6.07, 6.45) is 4.49. The van der Waals surface area contributed by atoms with Crippen molar-refractivity contribution < 1.29 is 9.90 Å². The second-order valence-corrected chi connectivity index (χ2v) is 9.08. The van der Waals surface area contributed by atoms with Crippen LogP contribution >= 0.6 is 0 Å². The number of nitrogens with one attached hydrogen (secondary N) is 2. The Morgan fingerprint density at radius 2 is 2.07 bits per heavy atom. The molecule has 1 fully saturated rings. The van der Waals surface area contributed by atoms with E-state index >= 15 is 0 Å². The molecule has 1 aromatic rings. The molecule has 144 valence electrons. The van der Waals surface area contributed by atoms with Crippen LogP contribution in [0.5, 0.6) is 0 Å². The van der Waals surface area contributed by atoms with Crippen LogP contribution in [0.2, 0.25) is 11.4 Å². The molecule has 1 amide bonds. The number of aromatic nitrogens is 2. The molecule has 0 saturated heterocycles. The van der Waals surface area contributed by atoms with E-state index in [2.05, 4.69) is 65.8 Å².